The number of aryl methyl sites for hydroxylation is 2. The molecular weight excluding hydrogens is 503 g/mol. The maximum Gasteiger partial charge on any atom is 0.264 e. The summed E-state index contributed by atoms with van der Waals surface area (Å²) >= 11 is 0. The second kappa shape index (κ2) is 8.05. The lowest BCUT2D eigenvalue weighted by molar-refractivity contribution is 0.419. The maximum atomic E-state index is 13.5. The fourth-order valence-electron chi connectivity index (χ4n) is 6.45. The molecule has 0 bridgehead atoms. The first-order chi connectivity index (χ1) is 18.3. The summed E-state index contributed by atoms with van der Waals surface area (Å²) in [7, 11) is -2.11. The van der Waals surface area contributed by atoms with Crippen molar-refractivity contribution in [3.63, 3.8) is 0 Å². The van der Waals surface area contributed by atoms with Crippen LogP contribution in [0, 0.1) is 18.7 Å². The van der Waals surface area contributed by atoms with Gasteiger partial charge in [-0.1, -0.05) is 35.5 Å². The molecule has 10 heteroatoms. The molecule has 1 aliphatic carbocycles. The summed E-state index contributed by atoms with van der Waals surface area (Å²) in [4.78, 5) is 0. The molecule has 0 unspecified atom stereocenters. The lowest BCUT2D eigenvalue weighted by Crippen LogP contribution is -2.34. The van der Waals surface area contributed by atoms with Gasteiger partial charge in [-0.3, -0.25) is 4.68 Å². The van der Waals surface area contributed by atoms with Gasteiger partial charge in [-0.05, 0) is 65.9 Å². The van der Waals surface area contributed by atoms with Crippen LogP contribution >= 0.6 is 0 Å². The number of halogens is 1. The quantitative estimate of drug-likeness (QED) is 0.345. The molecule has 38 heavy (non-hydrogen) atoms. The molecule has 3 heterocycles. The molecule has 0 radical (unpaired) electrons. The number of sulfonamides is 1. The van der Waals surface area contributed by atoms with E-state index < -0.39 is 10.0 Å². The zero-order valence-corrected chi connectivity index (χ0v) is 21.7. The number of rotatable bonds is 5. The Morgan fingerprint density at radius 3 is 2.53 bits per heavy atom. The van der Waals surface area contributed by atoms with Crippen LogP contribution in [-0.2, 0) is 22.5 Å². The summed E-state index contributed by atoms with van der Waals surface area (Å²) in [5.74, 6) is 0.0525. The highest BCUT2D eigenvalue weighted by Crippen LogP contribution is 2.70. The van der Waals surface area contributed by atoms with Crippen LogP contribution in [0.1, 0.15) is 22.6 Å². The lowest BCUT2D eigenvalue weighted by atomic mass is 9.87. The van der Waals surface area contributed by atoms with Gasteiger partial charge in [0.05, 0.1) is 23.6 Å². The zero-order chi connectivity index (χ0) is 26.2. The van der Waals surface area contributed by atoms with Gasteiger partial charge in [0.15, 0.2) is 0 Å². The first kappa shape index (κ1) is 23.2. The van der Waals surface area contributed by atoms with Crippen LogP contribution in [0.2, 0.25) is 0 Å². The average molecular weight is 529 g/mol. The number of benzene rings is 3. The Labute approximate surface area is 219 Å². The minimum Gasteiger partial charge on any atom is -0.254 e. The molecule has 192 valence electrons. The fraction of sp³-hybridized carbons (Fsp3) is 0.250. The normalized spacial score (nSPS) is 23.1. The van der Waals surface area contributed by atoms with Gasteiger partial charge < -0.3 is 0 Å². The maximum absolute atomic E-state index is 13.5. The van der Waals surface area contributed by atoms with E-state index in [0.29, 0.717) is 13.1 Å². The SMILES string of the molecule is Cc1cc2c(cnn2-c2ccc(F)cc2)cc1[C@@]12CN(S(=O)(=O)c3cn(C)nn3)C[C@@H]1[C@H]2c1ccccc1. The summed E-state index contributed by atoms with van der Waals surface area (Å²) < 4.78 is 45.2. The van der Waals surface area contributed by atoms with Gasteiger partial charge in [0.2, 0.25) is 5.03 Å². The number of piperidine rings is 1. The fourth-order valence-corrected chi connectivity index (χ4v) is 7.88. The molecule has 0 spiro atoms. The Morgan fingerprint density at radius 2 is 1.82 bits per heavy atom. The van der Waals surface area contributed by atoms with E-state index in [2.05, 4.69) is 46.6 Å². The van der Waals surface area contributed by atoms with Crippen LogP contribution < -0.4 is 0 Å². The van der Waals surface area contributed by atoms with Crippen LogP contribution in [-0.4, -0.2) is 50.6 Å². The first-order valence-corrected chi connectivity index (χ1v) is 13.9. The lowest BCUT2D eigenvalue weighted by Gasteiger charge is -2.24. The number of hydrogen-bond acceptors (Lipinski definition) is 5. The Bertz CT molecular complexity index is 1800. The highest BCUT2D eigenvalue weighted by atomic mass is 32.2. The van der Waals surface area contributed by atoms with Gasteiger partial charge >= 0.3 is 0 Å². The third-order valence-electron chi connectivity index (χ3n) is 8.18. The van der Waals surface area contributed by atoms with E-state index in [4.69, 9.17) is 0 Å². The monoisotopic (exact) mass is 528 g/mol. The minimum atomic E-state index is -3.77. The predicted octanol–water partition coefficient (Wildman–Crippen LogP) is 3.96. The van der Waals surface area contributed by atoms with Crippen molar-refractivity contribution < 1.29 is 12.8 Å². The largest absolute Gasteiger partial charge is 0.264 e. The summed E-state index contributed by atoms with van der Waals surface area (Å²) in [6, 6.07) is 20.9. The van der Waals surface area contributed by atoms with Gasteiger partial charge in [0.1, 0.15) is 5.82 Å². The van der Waals surface area contributed by atoms with Crippen molar-refractivity contribution in [2.75, 3.05) is 13.1 Å². The van der Waals surface area contributed by atoms with Gasteiger partial charge in [0, 0.05) is 36.9 Å². The van der Waals surface area contributed by atoms with Crippen molar-refractivity contribution in [1.82, 2.24) is 29.1 Å². The summed E-state index contributed by atoms with van der Waals surface area (Å²) in [6.07, 6.45) is 3.26. The van der Waals surface area contributed by atoms with E-state index in [1.165, 1.54) is 28.6 Å². The Kier molecular flexibility index (Phi) is 4.93. The third-order valence-corrected chi connectivity index (χ3v) is 9.85. The van der Waals surface area contributed by atoms with E-state index in [0.717, 1.165) is 27.7 Å². The Hall–Kier alpha value is -3.89. The summed E-state index contributed by atoms with van der Waals surface area (Å²) in [5.41, 5.74) is 4.77. The molecular formula is C28H25FN6O2S. The topological polar surface area (TPSA) is 85.9 Å². The molecule has 7 rings (SSSR count). The van der Waals surface area contributed by atoms with Crippen molar-refractivity contribution in [1.29, 1.82) is 0 Å². The van der Waals surface area contributed by atoms with Crippen LogP contribution in [0.5, 0.6) is 0 Å². The smallest absolute Gasteiger partial charge is 0.254 e. The van der Waals surface area contributed by atoms with Gasteiger partial charge in [-0.2, -0.15) is 9.40 Å². The summed E-state index contributed by atoms with van der Waals surface area (Å²) in [5, 5.41) is 13.2. The summed E-state index contributed by atoms with van der Waals surface area (Å²) in [6.45, 7) is 2.86. The number of nitrogens with zero attached hydrogens (tertiary/aromatic N) is 6. The van der Waals surface area contributed by atoms with E-state index in [1.807, 2.05) is 29.1 Å². The molecule has 2 aliphatic rings. The Balaban J connectivity index is 1.33. The third kappa shape index (κ3) is 3.30. The van der Waals surface area contributed by atoms with E-state index in [9.17, 15) is 12.8 Å². The number of hydrogen-bond donors (Lipinski definition) is 0. The standard InChI is InChI=1S/C28H25FN6O2S/c1-18-12-25-20(14-30-35(25)22-10-8-21(29)9-11-22)13-23(18)28-17-34(38(36,37)26-16-33(2)32-31-26)15-24(28)27(28)19-6-4-3-5-7-19/h3-14,16,24,27H,15,17H2,1-2H3/t24-,27-,28+/m1/s1. The minimum absolute atomic E-state index is 0.0274. The van der Waals surface area contributed by atoms with Crippen molar-refractivity contribution in [3.8, 4) is 5.69 Å². The second-order valence-corrected chi connectivity index (χ2v) is 12.2. The number of aromatic nitrogens is 5. The molecule has 0 amide bonds. The molecule has 1 aliphatic heterocycles. The molecule has 8 nitrogen and oxygen atoms in total. The zero-order valence-electron chi connectivity index (χ0n) is 20.9. The van der Waals surface area contributed by atoms with Crippen LogP contribution in [0.15, 0.2) is 84.1 Å². The van der Waals surface area contributed by atoms with Gasteiger partial charge in [-0.15, -0.1) is 5.10 Å². The van der Waals surface area contributed by atoms with E-state index >= 15 is 0 Å². The molecule has 3 atom stereocenters. The molecule has 2 aromatic heterocycles. The average Bonchev–Trinajstić information content (AvgIpc) is 3.34. The van der Waals surface area contributed by atoms with Crippen molar-refractivity contribution >= 4 is 20.9 Å². The highest BCUT2D eigenvalue weighted by molar-refractivity contribution is 7.89. The highest BCUT2D eigenvalue weighted by Gasteiger charge is 2.71. The van der Waals surface area contributed by atoms with Crippen LogP contribution in [0.4, 0.5) is 4.39 Å². The van der Waals surface area contributed by atoms with Crippen LogP contribution in [0.25, 0.3) is 16.6 Å². The van der Waals surface area contributed by atoms with Gasteiger partial charge in [-0.25, -0.2) is 17.5 Å². The molecule has 1 saturated carbocycles. The second-order valence-electron chi connectivity index (χ2n) is 10.3. The van der Waals surface area contributed by atoms with Gasteiger partial charge in [0.25, 0.3) is 10.0 Å². The van der Waals surface area contributed by atoms with Crippen molar-refractivity contribution in [2.24, 2.45) is 13.0 Å². The first-order valence-electron chi connectivity index (χ1n) is 12.5. The molecule has 2 fully saturated rings. The van der Waals surface area contributed by atoms with E-state index in [1.54, 1.807) is 23.5 Å². The predicted molar refractivity (Wildman–Crippen MR) is 140 cm³/mol. The Morgan fingerprint density at radius 1 is 1.05 bits per heavy atom. The van der Waals surface area contributed by atoms with E-state index in [-0.39, 0.29) is 28.1 Å². The molecule has 3 aromatic carbocycles. The van der Waals surface area contributed by atoms with Crippen molar-refractivity contribution in [3.05, 3.63) is 102 Å². The van der Waals surface area contributed by atoms with Crippen LogP contribution in [0.3, 0.4) is 0 Å². The van der Waals surface area contributed by atoms with Crippen molar-refractivity contribution in [2.45, 2.75) is 23.3 Å². The molecule has 0 N–H and O–H groups in total. The molecule has 5 aromatic rings. The number of fused-ring (bicyclic) bond motifs is 2. The molecule has 1 saturated heterocycles.